The number of hydrogen-bond acceptors (Lipinski definition) is 4. The molecule has 1 saturated carbocycles. The van der Waals surface area contributed by atoms with Gasteiger partial charge in [-0.15, -0.1) is 0 Å². The van der Waals surface area contributed by atoms with E-state index in [1.807, 2.05) is 12.1 Å². The summed E-state index contributed by atoms with van der Waals surface area (Å²) in [6.45, 7) is 0.830. The van der Waals surface area contributed by atoms with Crippen molar-refractivity contribution >= 4 is 29.2 Å². The molecular formula is C18H20N4O. The summed E-state index contributed by atoms with van der Waals surface area (Å²) in [5.74, 6) is 0.500. The molecule has 1 amide bonds. The zero-order valence-corrected chi connectivity index (χ0v) is 12.8. The zero-order chi connectivity index (χ0) is 16.2. The molecule has 0 unspecified atom stereocenters. The summed E-state index contributed by atoms with van der Waals surface area (Å²) in [4.78, 5) is 16.8. The van der Waals surface area contributed by atoms with Gasteiger partial charge in [0.2, 0.25) is 0 Å². The summed E-state index contributed by atoms with van der Waals surface area (Å²) < 4.78 is 0. The number of aliphatic imine (C=N–C) groups is 1. The number of nitrogens with zero attached hydrogens (tertiary/aromatic N) is 1. The first-order chi connectivity index (χ1) is 11.1. The van der Waals surface area contributed by atoms with Crippen LogP contribution in [0.1, 0.15) is 28.8 Å². The molecule has 5 heteroatoms. The van der Waals surface area contributed by atoms with Crippen LogP contribution in [0.15, 0.2) is 47.5 Å². The molecule has 1 aliphatic carbocycles. The molecule has 5 nitrogen and oxygen atoms in total. The summed E-state index contributed by atoms with van der Waals surface area (Å²) in [5.41, 5.74) is 14.8. The standard InChI is InChI=1S/C18H20N4O/c19-15-8-7-13(9-14(15)11-21-10-12-5-6-12)18(23)22-17-4-2-1-3-16(17)20/h1-4,7-9,11-12H,5-6,10,19-20H2,(H,22,23). The fourth-order valence-corrected chi connectivity index (χ4v) is 2.23. The Labute approximate surface area is 135 Å². The van der Waals surface area contributed by atoms with E-state index >= 15 is 0 Å². The topological polar surface area (TPSA) is 93.5 Å². The van der Waals surface area contributed by atoms with Gasteiger partial charge in [-0.3, -0.25) is 9.79 Å². The van der Waals surface area contributed by atoms with Gasteiger partial charge in [-0.05, 0) is 49.1 Å². The molecule has 118 valence electrons. The van der Waals surface area contributed by atoms with Crippen molar-refractivity contribution in [3.8, 4) is 0 Å². The zero-order valence-electron chi connectivity index (χ0n) is 12.8. The van der Waals surface area contributed by atoms with Crippen molar-refractivity contribution in [2.75, 3.05) is 23.3 Å². The monoisotopic (exact) mass is 308 g/mol. The van der Waals surface area contributed by atoms with Crippen LogP contribution in [0, 0.1) is 5.92 Å². The number of carbonyl (C=O) groups is 1. The normalized spacial score (nSPS) is 14.1. The van der Waals surface area contributed by atoms with Crippen molar-refractivity contribution in [2.45, 2.75) is 12.8 Å². The van der Waals surface area contributed by atoms with Gasteiger partial charge in [0.25, 0.3) is 5.91 Å². The lowest BCUT2D eigenvalue weighted by Crippen LogP contribution is -2.13. The van der Waals surface area contributed by atoms with Gasteiger partial charge in [0, 0.05) is 29.6 Å². The van der Waals surface area contributed by atoms with Crippen LogP contribution in [0.3, 0.4) is 0 Å². The molecule has 3 rings (SSSR count). The quantitative estimate of drug-likeness (QED) is 0.585. The third-order valence-corrected chi connectivity index (χ3v) is 3.85. The highest BCUT2D eigenvalue weighted by Crippen LogP contribution is 2.28. The Balaban J connectivity index is 1.75. The molecule has 5 N–H and O–H groups in total. The van der Waals surface area contributed by atoms with E-state index < -0.39 is 0 Å². The summed E-state index contributed by atoms with van der Waals surface area (Å²) in [6.07, 6.45) is 4.27. The van der Waals surface area contributed by atoms with Gasteiger partial charge in [0.15, 0.2) is 0 Å². The minimum absolute atomic E-state index is 0.222. The Hall–Kier alpha value is -2.82. The van der Waals surface area contributed by atoms with E-state index in [2.05, 4.69) is 10.3 Å². The highest BCUT2D eigenvalue weighted by Gasteiger charge is 2.19. The average Bonchev–Trinajstić information content (AvgIpc) is 3.35. The number of nitrogen functional groups attached to an aromatic ring is 2. The van der Waals surface area contributed by atoms with Crippen molar-refractivity contribution in [1.29, 1.82) is 0 Å². The highest BCUT2D eigenvalue weighted by atomic mass is 16.1. The number of nitrogens with one attached hydrogen (secondary N) is 1. The van der Waals surface area contributed by atoms with Gasteiger partial charge in [-0.2, -0.15) is 0 Å². The van der Waals surface area contributed by atoms with E-state index in [0.29, 0.717) is 22.6 Å². The van der Waals surface area contributed by atoms with Crippen LogP contribution < -0.4 is 16.8 Å². The van der Waals surface area contributed by atoms with Crippen LogP contribution in [-0.2, 0) is 0 Å². The second kappa shape index (κ2) is 6.52. The average molecular weight is 308 g/mol. The summed E-state index contributed by atoms with van der Waals surface area (Å²) in [6, 6.07) is 12.3. The van der Waals surface area contributed by atoms with Gasteiger partial charge < -0.3 is 16.8 Å². The molecule has 0 aliphatic heterocycles. The molecule has 0 saturated heterocycles. The van der Waals surface area contributed by atoms with Gasteiger partial charge in [-0.1, -0.05) is 12.1 Å². The summed E-state index contributed by atoms with van der Waals surface area (Å²) >= 11 is 0. The molecule has 0 spiro atoms. The molecule has 0 heterocycles. The SMILES string of the molecule is Nc1ccc(C(=O)Nc2ccccc2N)cc1C=NCC1CC1. The van der Waals surface area contributed by atoms with E-state index in [1.165, 1.54) is 12.8 Å². The number of benzene rings is 2. The van der Waals surface area contributed by atoms with Crippen molar-refractivity contribution in [2.24, 2.45) is 10.9 Å². The Morgan fingerprint density at radius 2 is 1.96 bits per heavy atom. The van der Waals surface area contributed by atoms with E-state index in [1.54, 1.807) is 36.5 Å². The van der Waals surface area contributed by atoms with Crippen LogP contribution >= 0.6 is 0 Å². The predicted octanol–water partition coefficient (Wildman–Crippen LogP) is 2.93. The number of carbonyl (C=O) groups excluding carboxylic acids is 1. The van der Waals surface area contributed by atoms with E-state index in [-0.39, 0.29) is 5.91 Å². The fourth-order valence-electron chi connectivity index (χ4n) is 2.23. The number of para-hydroxylation sites is 2. The van der Waals surface area contributed by atoms with Gasteiger partial charge in [-0.25, -0.2) is 0 Å². The van der Waals surface area contributed by atoms with Crippen LogP contribution in [0.2, 0.25) is 0 Å². The van der Waals surface area contributed by atoms with Crippen molar-refractivity contribution < 1.29 is 4.79 Å². The van der Waals surface area contributed by atoms with Gasteiger partial charge in [0.1, 0.15) is 0 Å². The van der Waals surface area contributed by atoms with E-state index in [0.717, 1.165) is 18.0 Å². The van der Waals surface area contributed by atoms with Crippen LogP contribution in [0.5, 0.6) is 0 Å². The molecule has 0 atom stereocenters. The Morgan fingerprint density at radius 3 is 2.70 bits per heavy atom. The van der Waals surface area contributed by atoms with Crippen LogP contribution in [0.4, 0.5) is 17.1 Å². The molecule has 2 aromatic rings. The first kappa shape index (κ1) is 15.1. The maximum atomic E-state index is 12.4. The number of hydrogen-bond donors (Lipinski definition) is 3. The van der Waals surface area contributed by atoms with Gasteiger partial charge in [0.05, 0.1) is 11.4 Å². The third-order valence-electron chi connectivity index (χ3n) is 3.85. The maximum absolute atomic E-state index is 12.4. The Bertz CT molecular complexity index is 750. The molecule has 1 fully saturated rings. The molecular weight excluding hydrogens is 288 g/mol. The number of rotatable bonds is 5. The molecule has 0 aromatic heterocycles. The van der Waals surface area contributed by atoms with Crippen molar-refractivity contribution in [1.82, 2.24) is 0 Å². The molecule has 0 radical (unpaired) electrons. The van der Waals surface area contributed by atoms with Crippen molar-refractivity contribution in [3.63, 3.8) is 0 Å². The van der Waals surface area contributed by atoms with Gasteiger partial charge >= 0.3 is 0 Å². The van der Waals surface area contributed by atoms with Crippen molar-refractivity contribution in [3.05, 3.63) is 53.6 Å². The lowest BCUT2D eigenvalue weighted by molar-refractivity contribution is 0.102. The lowest BCUT2D eigenvalue weighted by Gasteiger charge is -2.09. The second-order valence-corrected chi connectivity index (χ2v) is 5.82. The third kappa shape index (κ3) is 3.88. The second-order valence-electron chi connectivity index (χ2n) is 5.82. The number of anilines is 3. The first-order valence-corrected chi connectivity index (χ1v) is 7.68. The summed E-state index contributed by atoms with van der Waals surface area (Å²) in [7, 11) is 0. The fraction of sp³-hybridized carbons (Fsp3) is 0.222. The minimum Gasteiger partial charge on any atom is -0.398 e. The predicted molar refractivity (Wildman–Crippen MR) is 94.8 cm³/mol. The molecule has 2 aromatic carbocycles. The highest BCUT2D eigenvalue weighted by molar-refractivity contribution is 6.07. The largest absolute Gasteiger partial charge is 0.398 e. The maximum Gasteiger partial charge on any atom is 0.255 e. The number of amides is 1. The minimum atomic E-state index is -0.222. The molecule has 1 aliphatic rings. The van der Waals surface area contributed by atoms with E-state index in [9.17, 15) is 4.79 Å². The van der Waals surface area contributed by atoms with E-state index in [4.69, 9.17) is 11.5 Å². The molecule has 23 heavy (non-hydrogen) atoms. The smallest absolute Gasteiger partial charge is 0.255 e. The van der Waals surface area contributed by atoms with Crippen LogP contribution in [0.25, 0.3) is 0 Å². The Morgan fingerprint density at radius 1 is 1.17 bits per heavy atom. The number of nitrogens with two attached hydrogens (primary N) is 2. The first-order valence-electron chi connectivity index (χ1n) is 7.68. The van der Waals surface area contributed by atoms with Crippen LogP contribution in [-0.4, -0.2) is 18.7 Å². The molecule has 0 bridgehead atoms. The lowest BCUT2D eigenvalue weighted by atomic mass is 10.1. The Kier molecular flexibility index (Phi) is 4.28. The summed E-state index contributed by atoms with van der Waals surface area (Å²) in [5, 5.41) is 2.81.